The fraction of sp³-hybridized carbons (Fsp3) is 0.500. The molecule has 4 N–H and O–H groups in total. The highest BCUT2D eigenvalue weighted by Gasteiger charge is 2.18. The predicted octanol–water partition coefficient (Wildman–Crippen LogP) is 0.358. The zero-order chi connectivity index (χ0) is 15.1. The van der Waals surface area contributed by atoms with Crippen LogP contribution in [0.5, 0.6) is 0 Å². The largest absolute Gasteiger partial charge is 0.348 e. The summed E-state index contributed by atoms with van der Waals surface area (Å²) in [5.74, 6) is -0.529. The van der Waals surface area contributed by atoms with Crippen molar-refractivity contribution in [2.24, 2.45) is 11.7 Å². The SMILES string of the molecule is CC(NC(=O)CNC(=O)[C@@H](N)C(C)C)c1ccncc1. The van der Waals surface area contributed by atoms with Crippen LogP contribution in [-0.2, 0) is 9.59 Å². The fourth-order valence-electron chi connectivity index (χ4n) is 1.62. The molecule has 110 valence electrons. The molecule has 0 bridgehead atoms. The number of nitrogens with two attached hydrogens (primary N) is 1. The number of nitrogens with one attached hydrogen (secondary N) is 2. The number of carbonyl (C=O) groups is 2. The first-order valence-corrected chi connectivity index (χ1v) is 6.64. The third-order valence-corrected chi connectivity index (χ3v) is 3.03. The number of carbonyl (C=O) groups excluding carboxylic acids is 2. The summed E-state index contributed by atoms with van der Waals surface area (Å²) < 4.78 is 0. The molecule has 6 heteroatoms. The van der Waals surface area contributed by atoms with Gasteiger partial charge in [-0.3, -0.25) is 14.6 Å². The lowest BCUT2D eigenvalue weighted by atomic mass is 10.1. The van der Waals surface area contributed by atoms with Gasteiger partial charge in [0.1, 0.15) is 0 Å². The Balaban J connectivity index is 2.39. The molecule has 0 radical (unpaired) electrons. The first kappa shape index (κ1) is 16.1. The van der Waals surface area contributed by atoms with Crippen LogP contribution in [-0.4, -0.2) is 29.4 Å². The minimum atomic E-state index is -0.597. The molecule has 1 aromatic heterocycles. The molecular weight excluding hydrogens is 256 g/mol. The van der Waals surface area contributed by atoms with Gasteiger partial charge in [0.2, 0.25) is 11.8 Å². The van der Waals surface area contributed by atoms with Gasteiger partial charge in [-0.05, 0) is 30.5 Å². The van der Waals surface area contributed by atoms with Crippen LogP contribution >= 0.6 is 0 Å². The van der Waals surface area contributed by atoms with Crippen molar-refractivity contribution in [3.05, 3.63) is 30.1 Å². The summed E-state index contributed by atoms with van der Waals surface area (Å²) in [6.45, 7) is 5.51. The van der Waals surface area contributed by atoms with Gasteiger partial charge in [0.25, 0.3) is 0 Å². The Morgan fingerprint density at radius 1 is 1.25 bits per heavy atom. The van der Waals surface area contributed by atoms with Gasteiger partial charge in [-0.15, -0.1) is 0 Å². The van der Waals surface area contributed by atoms with Gasteiger partial charge in [0.15, 0.2) is 0 Å². The van der Waals surface area contributed by atoms with E-state index in [1.165, 1.54) is 0 Å². The Labute approximate surface area is 119 Å². The van der Waals surface area contributed by atoms with E-state index in [2.05, 4.69) is 15.6 Å². The van der Waals surface area contributed by atoms with Crippen LogP contribution in [0.3, 0.4) is 0 Å². The highest BCUT2D eigenvalue weighted by atomic mass is 16.2. The molecule has 1 unspecified atom stereocenters. The lowest BCUT2D eigenvalue weighted by molar-refractivity contribution is -0.127. The molecule has 1 heterocycles. The van der Waals surface area contributed by atoms with Gasteiger partial charge in [0, 0.05) is 12.4 Å². The molecule has 0 aliphatic carbocycles. The summed E-state index contributed by atoms with van der Waals surface area (Å²) in [6, 6.07) is 2.93. The molecule has 6 nitrogen and oxygen atoms in total. The van der Waals surface area contributed by atoms with E-state index < -0.39 is 6.04 Å². The lowest BCUT2D eigenvalue weighted by Crippen LogP contribution is -2.47. The van der Waals surface area contributed by atoms with E-state index >= 15 is 0 Å². The summed E-state index contributed by atoms with van der Waals surface area (Å²) in [7, 11) is 0. The summed E-state index contributed by atoms with van der Waals surface area (Å²) in [4.78, 5) is 27.3. The first-order chi connectivity index (χ1) is 9.41. The van der Waals surface area contributed by atoms with Crippen molar-refractivity contribution in [1.82, 2.24) is 15.6 Å². The van der Waals surface area contributed by atoms with Gasteiger partial charge >= 0.3 is 0 Å². The molecule has 0 fully saturated rings. The van der Waals surface area contributed by atoms with E-state index in [1.54, 1.807) is 12.4 Å². The number of aromatic nitrogens is 1. The maximum Gasteiger partial charge on any atom is 0.239 e. The third-order valence-electron chi connectivity index (χ3n) is 3.03. The van der Waals surface area contributed by atoms with E-state index in [-0.39, 0.29) is 30.3 Å². The Kier molecular flexibility index (Phi) is 6.11. The first-order valence-electron chi connectivity index (χ1n) is 6.64. The maximum atomic E-state index is 11.7. The molecule has 2 amide bonds. The second-order valence-electron chi connectivity index (χ2n) is 5.06. The standard InChI is InChI=1S/C14H22N4O2/c1-9(2)13(15)14(20)17-8-12(19)18-10(3)11-4-6-16-7-5-11/h4-7,9-10,13H,8,15H2,1-3H3,(H,17,20)(H,18,19)/t10?,13-/m0/s1. The summed E-state index contributed by atoms with van der Waals surface area (Å²) in [5.41, 5.74) is 6.64. The minimum absolute atomic E-state index is 0.0359. The van der Waals surface area contributed by atoms with Gasteiger partial charge < -0.3 is 16.4 Å². The van der Waals surface area contributed by atoms with Crippen LogP contribution in [0.15, 0.2) is 24.5 Å². The molecule has 1 rings (SSSR count). The molecule has 0 spiro atoms. The Morgan fingerprint density at radius 3 is 2.40 bits per heavy atom. The average molecular weight is 278 g/mol. The normalized spacial score (nSPS) is 13.7. The van der Waals surface area contributed by atoms with E-state index in [0.29, 0.717) is 0 Å². The van der Waals surface area contributed by atoms with Crippen LogP contribution in [0.25, 0.3) is 0 Å². The van der Waals surface area contributed by atoms with E-state index in [9.17, 15) is 9.59 Å². The highest BCUT2D eigenvalue weighted by molar-refractivity contribution is 5.87. The quantitative estimate of drug-likeness (QED) is 0.700. The fourth-order valence-corrected chi connectivity index (χ4v) is 1.62. The van der Waals surface area contributed by atoms with Gasteiger partial charge in [0.05, 0.1) is 18.6 Å². The van der Waals surface area contributed by atoms with Gasteiger partial charge in [-0.2, -0.15) is 0 Å². The summed E-state index contributed by atoms with van der Waals surface area (Å²) >= 11 is 0. The van der Waals surface area contributed by atoms with Crippen LogP contribution in [0.4, 0.5) is 0 Å². The summed E-state index contributed by atoms with van der Waals surface area (Å²) in [6.07, 6.45) is 3.34. The molecule has 0 aromatic carbocycles. The number of nitrogens with zero attached hydrogens (tertiary/aromatic N) is 1. The van der Waals surface area contributed by atoms with Crippen molar-refractivity contribution in [3.8, 4) is 0 Å². The topological polar surface area (TPSA) is 97.1 Å². The van der Waals surface area contributed by atoms with Gasteiger partial charge in [-0.25, -0.2) is 0 Å². The molecule has 0 aliphatic rings. The van der Waals surface area contributed by atoms with Gasteiger partial charge in [-0.1, -0.05) is 13.8 Å². The number of pyridine rings is 1. The van der Waals surface area contributed by atoms with Crippen LogP contribution in [0.1, 0.15) is 32.4 Å². The monoisotopic (exact) mass is 278 g/mol. The molecule has 0 saturated carbocycles. The number of amides is 2. The second-order valence-corrected chi connectivity index (χ2v) is 5.06. The molecule has 0 aliphatic heterocycles. The van der Waals surface area contributed by atoms with E-state index in [4.69, 9.17) is 5.73 Å². The minimum Gasteiger partial charge on any atom is -0.348 e. The van der Waals surface area contributed by atoms with Crippen LogP contribution in [0.2, 0.25) is 0 Å². The molecule has 2 atom stereocenters. The third kappa shape index (κ3) is 4.97. The lowest BCUT2D eigenvalue weighted by Gasteiger charge is -2.17. The molecule has 1 aromatic rings. The predicted molar refractivity (Wildman–Crippen MR) is 76.6 cm³/mol. The smallest absolute Gasteiger partial charge is 0.239 e. The van der Waals surface area contributed by atoms with Crippen molar-refractivity contribution in [1.29, 1.82) is 0 Å². The van der Waals surface area contributed by atoms with E-state index in [1.807, 2.05) is 32.9 Å². The van der Waals surface area contributed by atoms with Crippen LogP contribution < -0.4 is 16.4 Å². The Morgan fingerprint density at radius 2 is 1.85 bits per heavy atom. The van der Waals surface area contributed by atoms with Crippen molar-refractivity contribution < 1.29 is 9.59 Å². The van der Waals surface area contributed by atoms with Crippen LogP contribution in [0, 0.1) is 5.92 Å². The average Bonchev–Trinajstić information content (AvgIpc) is 2.44. The molecular formula is C14H22N4O2. The molecule has 20 heavy (non-hydrogen) atoms. The number of hydrogen-bond acceptors (Lipinski definition) is 4. The van der Waals surface area contributed by atoms with Crippen molar-refractivity contribution in [2.45, 2.75) is 32.9 Å². The maximum absolute atomic E-state index is 11.7. The zero-order valence-corrected chi connectivity index (χ0v) is 12.1. The Bertz CT molecular complexity index is 448. The highest BCUT2D eigenvalue weighted by Crippen LogP contribution is 2.09. The number of hydrogen-bond donors (Lipinski definition) is 3. The molecule has 0 saturated heterocycles. The summed E-state index contributed by atoms with van der Waals surface area (Å²) in [5, 5.41) is 5.33. The zero-order valence-electron chi connectivity index (χ0n) is 12.1. The van der Waals surface area contributed by atoms with Crippen molar-refractivity contribution >= 4 is 11.8 Å². The van der Waals surface area contributed by atoms with Crippen molar-refractivity contribution in [3.63, 3.8) is 0 Å². The second kappa shape index (κ2) is 7.59. The van der Waals surface area contributed by atoms with Crippen molar-refractivity contribution in [2.75, 3.05) is 6.54 Å². The van der Waals surface area contributed by atoms with E-state index in [0.717, 1.165) is 5.56 Å². The Hall–Kier alpha value is -1.95. The number of rotatable bonds is 6.